The molecule has 0 aliphatic carbocycles. The van der Waals surface area contributed by atoms with Crippen LogP contribution in [0.3, 0.4) is 0 Å². The number of carbonyl (C=O) groups is 1. The number of hydrogen-bond donors (Lipinski definition) is 1. The Morgan fingerprint density at radius 1 is 1.30 bits per heavy atom. The molecule has 1 fully saturated rings. The van der Waals surface area contributed by atoms with Gasteiger partial charge in [-0.3, -0.25) is 4.79 Å². The Labute approximate surface area is 121 Å². The number of nitrogens with two attached hydrogens (primary N) is 1. The number of amides is 1. The molecule has 1 saturated heterocycles. The van der Waals surface area contributed by atoms with Crippen LogP contribution >= 0.6 is 0 Å². The highest BCUT2D eigenvalue weighted by Gasteiger charge is 2.17. The zero-order chi connectivity index (χ0) is 14.4. The minimum Gasteiger partial charge on any atom is -0.399 e. The molecule has 0 spiro atoms. The van der Waals surface area contributed by atoms with E-state index < -0.39 is 0 Å². The highest BCUT2D eigenvalue weighted by molar-refractivity contribution is 5.91. The van der Waals surface area contributed by atoms with Crippen LogP contribution in [0.1, 0.15) is 38.2 Å². The molecule has 0 aromatic heterocycles. The van der Waals surface area contributed by atoms with Gasteiger partial charge in [-0.1, -0.05) is 25.5 Å². The first-order valence-corrected chi connectivity index (χ1v) is 7.51. The first-order chi connectivity index (χ1) is 9.69. The highest BCUT2D eigenvalue weighted by Crippen LogP contribution is 2.20. The molecule has 3 nitrogen and oxygen atoms in total. The summed E-state index contributed by atoms with van der Waals surface area (Å²) >= 11 is 0. The minimum atomic E-state index is 0.124. The summed E-state index contributed by atoms with van der Waals surface area (Å²) in [5, 5.41) is 0. The normalized spacial score (nSPS) is 20.1. The summed E-state index contributed by atoms with van der Waals surface area (Å²) < 4.78 is 0. The predicted molar refractivity (Wildman–Crippen MR) is 84.1 cm³/mol. The predicted octanol–water partition coefficient (Wildman–Crippen LogP) is 3.32. The molecule has 1 aliphatic rings. The van der Waals surface area contributed by atoms with E-state index in [0.717, 1.165) is 43.1 Å². The van der Waals surface area contributed by atoms with Crippen molar-refractivity contribution in [3.8, 4) is 0 Å². The molecule has 1 amide bonds. The summed E-state index contributed by atoms with van der Waals surface area (Å²) in [6, 6.07) is 7.55. The van der Waals surface area contributed by atoms with Crippen molar-refractivity contribution in [1.29, 1.82) is 0 Å². The molecular formula is C17H24N2O. The van der Waals surface area contributed by atoms with Crippen LogP contribution in [-0.4, -0.2) is 23.9 Å². The van der Waals surface area contributed by atoms with Gasteiger partial charge in [0, 0.05) is 24.9 Å². The first kappa shape index (κ1) is 14.6. The molecule has 20 heavy (non-hydrogen) atoms. The maximum absolute atomic E-state index is 12.2. The lowest BCUT2D eigenvalue weighted by molar-refractivity contribution is -0.125. The Morgan fingerprint density at radius 2 is 2.05 bits per heavy atom. The van der Waals surface area contributed by atoms with E-state index in [0.29, 0.717) is 0 Å². The van der Waals surface area contributed by atoms with Gasteiger partial charge in [-0.15, -0.1) is 0 Å². The third-order valence-corrected chi connectivity index (χ3v) is 4.09. The summed E-state index contributed by atoms with van der Waals surface area (Å²) in [5.41, 5.74) is 7.39. The molecule has 1 aromatic carbocycles. The van der Waals surface area contributed by atoms with Gasteiger partial charge < -0.3 is 10.6 Å². The molecular weight excluding hydrogens is 248 g/mol. The van der Waals surface area contributed by atoms with Crippen LogP contribution in [0.25, 0.3) is 6.08 Å². The second-order valence-corrected chi connectivity index (χ2v) is 5.53. The van der Waals surface area contributed by atoms with Gasteiger partial charge in [0.1, 0.15) is 0 Å². The van der Waals surface area contributed by atoms with E-state index >= 15 is 0 Å². The lowest BCUT2D eigenvalue weighted by Crippen LogP contribution is -2.30. The standard InChI is InChI=1S/C17H24N2O/c1-2-14-4-3-12-19(13-11-14)17(20)10-7-15-5-8-16(18)9-6-15/h5-10,14H,2-4,11-13,18H2,1H3/b10-7+. The minimum absolute atomic E-state index is 0.124. The van der Waals surface area contributed by atoms with Crippen LogP contribution < -0.4 is 5.73 Å². The van der Waals surface area contributed by atoms with Crippen molar-refractivity contribution >= 4 is 17.7 Å². The maximum atomic E-state index is 12.2. The van der Waals surface area contributed by atoms with Crippen LogP contribution in [0.2, 0.25) is 0 Å². The van der Waals surface area contributed by atoms with Crippen molar-refractivity contribution in [2.75, 3.05) is 18.8 Å². The van der Waals surface area contributed by atoms with E-state index in [2.05, 4.69) is 6.92 Å². The van der Waals surface area contributed by atoms with Gasteiger partial charge in [0.05, 0.1) is 0 Å². The summed E-state index contributed by atoms with van der Waals surface area (Å²) in [7, 11) is 0. The summed E-state index contributed by atoms with van der Waals surface area (Å²) in [6.07, 6.45) is 8.28. The Morgan fingerprint density at radius 3 is 2.75 bits per heavy atom. The molecule has 0 bridgehead atoms. The van der Waals surface area contributed by atoms with Gasteiger partial charge in [0.25, 0.3) is 0 Å². The summed E-state index contributed by atoms with van der Waals surface area (Å²) in [5.74, 6) is 0.910. The molecule has 1 aromatic rings. The number of carbonyl (C=O) groups excluding carboxylic acids is 1. The molecule has 2 rings (SSSR count). The van der Waals surface area contributed by atoms with Crippen LogP contribution in [0.4, 0.5) is 5.69 Å². The molecule has 0 radical (unpaired) electrons. The zero-order valence-electron chi connectivity index (χ0n) is 12.2. The van der Waals surface area contributed by atoms with E-state index in [9.17, 15) is 4.79 Å². The van der Waals surface area contributed by atoms with Crippen molar-refractivity contribution in [1.82, 2.24) is 4.90 Å². The lowest BCUT2D eigenvalue weighted by atomic mass is 9.98. The molecule has 1 aliphatic heterocycles. The first-order valence-electron chi connectivity index (χ1n) is 7.51. The monoisotopic (exact) mass is 272 g/mol. The van der Waals surface area contributed by atoms with E-state index in [1.165, 1.54) is 12.8 Å². The third kappa shape index (κ3) is 4.12. The molecule has 2 N–H and O–H groups in total. The molecule has 1 atom stereocenters. The van der Waals surface area contributed by atoms with Gasteiger partial charge in [-0.2, -0.15) is 0 Å². The van der Waals surface area contributed by atoms with Crippen molar-refractivity contribution in [2.24, 2.45) is 5.92 Å². The van der Waals surface area contributed by atoms with Crippen LogP contribution in [0.5, 0.6) is 0 Å². The second-order valence-electron chi connectivity index (χ2n) is 5.53. The fourth-order valence-corrected chi connectivity index (χ4v) is 2.67. The molecule has 1 heterocycles. The summed E-state index contributed by atoms with van der Waals surface area (Å²) in [6.45, 7) is 4.02. The Hall–Kier alpha value is -1.77. The summed E-state index contributed by atoms with van der Waals surface area (Å²) in [4.78, 5) is 14.2. The van der Waals surface area contributed by atoms with Crippen molar-refractivity contribution < 1.29 is 4.79 Å². The topological polar surface area (TPSA) is 46.3 Å². The fourth-order valence-electron chi connectivity index (χ4n) is 2.67. The van der Waals surface area contributed by atoms with Crippen molar-refractivity contribution in [3.63, 3.8) is 0 Å². The molecule has 3 heteroatoms. The smallest absolute Gasteiger partial charge is 0.246 e. The lowest BCUT2D eigenvalue weighted by Gasteiger charge is -2.18. The Kier molecular flexibility index (Phi) is 5.22. The Balaban J connectivity index is 1.92. The number of nitrogen functional groups attached to an aromatic ring is 1. The average molecular weight is 272 g/mol. The Bertz CT molecular complexity index is 464. The SMILES string of the molecule is CCC1CCCN(C(=O)/C=C/c2ccc(N)cc2)CC1. The fraction of sp³-hybridized carbons (Fsp3) is 0.471. The number of benzene rings is 1. The number of anilines is 1. The average Bonchev–Trinajstić information content (AvgIpc) is 2.72. The van der Waals surface area contributed by atoms with E-state index in [1.807, 2.05) is 35.2 Å². The van der Waals surface area contributed by atoms with Gasteiger partial charge in [-0.05, 0) is 49.0 Å². The second kappa shape index (κ2) is 7.13. The van der Waals surface area contributed by atoms with Gasteiger partial charge in [-0.25, -0.2) is 0 Å². The van der Waals surface area contributed by atoms with Gasteiger partial charge in [0.15, 0.2) is 0 Å². The number of nitrogens with zero attached hydrogens (tertiary/aromatic N) is 1. The number of hydrogen-bond acceptors (Lipinski definition) is 2. The van der Waals surface area contributed by atoms with E-state index in [4.69, 9.17) is 5.73 Å². The third-order valence-electron chi connectivity index (χ3n) is 4.09. The van der Waals surface area contributed by atoms with Crippen LogP contribution in [0.15, 0.2) is 30.3 Å². The largest absolute Gasteiger partial charge is 0.399 e. The van der Waals surface area contributed by atoms with Crippen LogP contribution in [0, 0.1) is 5.92 Å². The molecule has 1 unspecified atom stereocenters. The van der Waals surface area contributed by atoms with E-state index in [1.54, 1.807) is 6.08 Å². The van der Waals surface area contributed by atoms with Gasteiger partial charge >= 0.3 is 0 Å². The number of likely N-dealkylation sites (tertiary alicyclic amines) is 1. The quantitative estimate of drug-likeness (QED) is 0.677. The van der Waals surface area contributed by atoms with Gasteiger partial charge in [0.2, 0.25) is 5.91 Å². The van der Waals surface area contributed by atoms with Crippen molar-refractivity contribution in [3.05, 3.63) is 35.9 Å². The van der Waals surface area contributed by atoms with Crippen LogP contribution in [-0.2, 0) is 4.79 Å². The number of rotatable bonds is 3. The zero-order valence-corrected chi connectivity index (χ0v) is 12.2. The molecule has 0 saturated carbocycles. The van der Waals surface area contributed by atoms with Crippen molar-refractivity contribution in [2.45, 2.75) is 32.6 Å². The highest BCUT2D eigenvalue weighted by atomic mass is 16.2. The molecule has 108 valence electrons. The maximum Gasteiger partial charge on any atom is 0.246 e. The van der Waals surface area contributed by atoms with E-state index in [-0.39, 0.29) is 5.91 Å².